The fraction of sp³-hybridized carbons (Fsp3) is 0.250. The van der Waals surface area contributed by atoms with E-state index in [0.29, 0.717) is 11.3 Å². The van der Waals surface area contributed by atoms with Gasteiger partial charge in [0.2, 0.25) is 0 Å². The summed E-state index contributed by atoms with van der Waals surface area (Å²) in [5, 5.41) is 0. The highest BCUT2D eigenvalue weighted by atomic mass is 19.3. The lowest BCUT2D eigenvalue weighted by atomic mass is 10.3. The maximum absolute atomic E-state index is 13.1. The van der Waals surface area contributed by atoms with Gasteiger partial charge in [-0.2, -0.15) is 8.78 Å². The van der Waals surface area contributed by atoms with Gasteiger partial charge in [-0.1, -0.05) is 12.1 Å². The first-order chi connectivity index (χ1) is 13.6. The van der Waals surface area contributed by atoms with Crippen LogP contribution in [0.5, 0.6) is 0 Å². The van der Waals surface area contributed by atoms with E-state index in [4.69, 9.17) is 0 Å². The van der Waals surface area contributed by atoms with Crippen molar-refractivity contribution in [1.29, 1.82) is 0 Å². The van der Waals surface area contributed by atoms with E-state index < -0.39 is 6.08 Å². The first-order valence-corrected chi connectivity index (χ1v) is 9.13. The summed E-state index contributed by atoms with van der Waals surface area (Å²) < 4.78 is 30.6. The molecule has 3 aromatic heterocycles. The van der Waals surface area contributed by atoms with Crippen LogP contribution >= 0.6 is 0 Å². The second-order valence-electron chi connectivity index (χ2n) is 6.96. The van der Waals surface area contributed by atoms with E-state index in [0.717, 1.165) is 35.5 Å². The van der Waals surface area contributed by atoms with Gasteiger partial charge in [0, 0.05) is 24.9 Å². The van der Waals surface area contributed by atoms with Gasteiger partial charge in [-0.15, -0.1) is 0 Å². The Hall–Kier alpha value is -3.29. The quantitative estimate of drug-likeness (QED) is 0.530. The van der Waals surface area contributed by atoms with Crippen molar-refractivity contribution in [2.75, 3.05) is 0 Å². The molecule has 0 radical (unpaired) electrons. The molecule has 0 saturated heterocycles. The number of aromatic nitrogens is 5. The number of para-hydroxylation sites is 2. The number of imidazole rings is 2. The predicted molar refractivity (Wildman–Crippen MR) is 101 cm³/mol. The smallest absolute Gasteiger partial charge is 0.322 e. The van der Waals surface area contributed by atoms with Crippen molar-refractivity contribution >= 4 is 22.1 Å². The van der Waals surface area contributed by atoms with Gasteiger partial charge in [-0.25, -0.2) is 9.78 Å². The van der Waals surface area contributed by atoms with Gasteiger partial charge in [0.1, 0.15) is 5.82 Å². The highest BCUT2D eigenvalue weighted by Gasteiger charge is 2.29. The molecule has 28 heavy (non-hydrogen) atoms. The van der Waals surface area contributed by atoms with E-state index in [2.05, 4.69) is 9.97 Å². The topological polar surface area (TPSA) is 57.6 Å². The molecule has 0 bridgehead atoms. The van der Waals surface area contributed by atoms with Crippen molar-refractivity contribution in [2.24, 2.45) is 0 Å². The van der Waals surface area contributed by atoms with E-state index in [1.165, 1.54) is 0 Å². The molecule has 0 spiro atoms. The van der Waals surface area contributed by atoms with E-state index in [1.807, 2.05) is 34.9 Å². The van der Waals surface area contributed by atoms with Crippen LogP contribution in [0.15, 0.2) is 59.7 Å². The summed E-state index contributed by atoms with van der Waals surface area (Å²) >= 11 is 0. The predicted octanol–water partition coefficient (Wildman–Crippen LogP) is 3.71. The van der Waals surface area contributed by atoms with Crippen molar-refractivity contribution in [3.8, 4) is 0 Å². The molecule has 0 unspecified atom stereocenters. The van der Waals surface area contributed by atoms with Crippen LogP contribution in [0.25, 0.3) is 22.1 Å². The van der Waals surface area contributed by atoms with Crippen LogP contribution in [-0.2, 0) is 13.1 Å². The zero-order valence-corrected chi connectivity index (χ0v) is 14.9. The van der Waals surface area contributed by atoms with Crippen LogP contribution in [0.3, 0.4) is 0 Å². The summed E-state index contributed by atoms with van der Waals surface area (Å²) in [6, 6.07) is 9.44. The van der Waals surface area contributed by atoms with E-state index >= 15 is 0 Å². The molecule has 0 atom stereocenters. The highest BCUT2D eigenvalue weighted by Crippen LogP contribution is 2.36. The maximum Gasteiger partial charge on any atom is 0.329 e. The normalized spacial score (nSPS) is 14.1. The lowest BCUT2D eigenvalue weighted by Gasteiger charge is -2.07. The number of rotatable bonds is 5. The Morgan fingerprint density at radius 1 is 1.11 bits per heavy atom. The van der Waals surface area contributed by atoms with Gasteiger partial charge in [-0.3, -0.25) is 14.1 Å². The lowest BCUT2D eigenvalue weighted by Crippen LogP contribution is -2.25. The third-order valence-electron chi connectivity index (χ3n) is 5.14. The largest absolute Gasteiger partial charge is 0.329 e. The van der Waals surface area contributed by atoms with Gasteiger partial charge >= 0.3 is 5.69 Å². The summed E-state index contributed by atoms with van der Waals surface area (Å²) in [5.74, 6) is 0.555. The average Bonchev–Trinajstić information content (AvgIpc) is 3.40. The Bertz CT molecular complexity index is 1270. The first-order valence-electron chi connectivity index (χ1n) is 9.13. The van der Waals surface area contributed by atoms with Crippen molar-refractivity contribution in [2.45, 2.75) is 32.0 Å². The van der Waals surface area contributed by atoms with Gasteiger partial charge in [0.05, 0.1) is 34.8 Å². The second-order valence-corrected chi connectivity index (χ2v) is 6.96. The molecule has 1 aromatic carbocycles. The number of pyridine rings is 1. The van der Waals surface area contributed by atoms with Gasteiger partial charge in [0.15, 0.2) is 0 Å². The number of hydrogen-bond acceptors (Lipinski definition) is 3. The molecular weight excluding hydrogens is 364 g/mol. The van der Waals surface area contributed by atoms with Crippen LogP contribution < -0.4 is 5.69 Å². The maximum atomic E-state index is 13.1. The average molecular weight is 381 g/mol. The molecule has 0 amide bonds. The molecule has 6 nitrogen and oxygen atoms in total. The lowest BCUT2D eigenvalue weighted by molar-refractivity contribution is 0.415. The Labute approximate surface area is 158 Å². The third kappa shape index (κ3) is 2.72. The fourth-order valence-corrected chi connectivity index (χ4v) is 3.72. The van der Waals surface area contributed by atoms with Gasteiger partial charge < -0.3 is 4.57 Å². The second kappa shape index (κ2) is 6.40. The minimum Gasteiger partial charge on any atom is -0.322 e. The SMILES string of the molecule is O=c1n(Cc2nc3ccccc3n2CC=C(F)F)c2cnccc2n1C1CC1. The van der Waals surface area contributed by atoms with Crippen LogP contribution in [0.4, 0.5) is 8.78 Å². The first kappa shape index (κ1) is 16.9. The van der Waals surface area contributed by atoms with Gasteiger partial charge in [-0.05, 0) is 31.0 Å². The zero-order chi connectivity index (χ0) is 19.3. The fourth-order valence-electron chi connectivity index (χ4n) is 3.72. The minimum absolute atomic E-state index is 0.00749. The summed E-state index contributed by atoms with van der Waals surface area (Å²) in [4.78, 5) is 21.9. The number of allylic oxidation sites excluding steroid dienone is 1. The Morgan fingerprint density at radius 2 is 1.93 bits per heavy atom. The van der Waals surface area contributed by atoms with Crippen molar-refractivity contribution < 1.29 is 8.78 Å². The van der Waals surface area contributed by atoms with E-state index in [9.17, 15) is 13.6 Å². The molecule has 1 saturated carbocycles. The van der Waals surface area contributed by atoms with E-state index in [-0.39, 0.29) is 24.8 Å². The highest BCUT2D eigenvalue weighted by molar-refractivity contribution is 5.77. The van der Waals surface area contributed by atoms with Crippen LogP contribution in [0.1, 0.15) is 24.7 Å². The molecular formula is C20H17F2N5O. The zero-order valence-electron chi connectivity index (χ0n) is 14.9. The molecule has 8 heteroatoms. The van der Waals surface area contributed by atoms with Crippen molar-refractivity contribution in [1.82, 2.24) is 23.7 Å². The Kier molecular flexibility index (Phi) is 3.85. The molecule has 4 aromatic rings. The summed E-state index contributed by atoms with van der Waals surface area (Å²) in [6.07, 6.45) is 4.44. The number of nitrogens with zero attached hydrogens (tertiary/aromatic N) is 5. The van der Waals surface area contributed by atoms with Crippen LogP contribution in [-0.4, -0.2) is 23.7 Å². The van der Waals surface area contributed by atoms with Crippen molar-refractivity contribution in [3.05, 3.63) is 71.2 Å². The van der Waals surface area contributed by atoms with Gasteiger partial charge in [0.25, 0.3) is 6.08 Å². The molecule has 0 aliphatic heterocycles. The summed E-state index contributed by atoms with van der Waals surface area (Å²) in [5.41, 5.74) is 2.93. The summed E-state index contributed by atoms with van der Waals surface area (Å²) in [6.45, 7) is 0.184. The van der Waals surface area contributed by atoms with E-state index in [1.54, 1.807) is 21.5 Å². The molecule has 1 aliphatic rings. The monoisotopic (exact) mass is 381 g/mol. The standard InChI is InChI=1S/C20H17F2N5O/c21-18(22)8-10-25-15-4-2-1-3-14(15)24-19(25)12-26-17-11-23-9-7-16(17)27(20(26)28)13-5-6-13/h1-4,7-9,11,13H,5-6,10,12H2. The molecule has 5 rings (SSSR count). The van der Waals surface area contributed by atoms with Crippen LogP contribution in [0, 0.1) is 0 Å². The molecule has 142 valence electrons. The molecule has 1 fully saturated rings. The number of halogens is 2. The Morgan fingerprint density at radius 3 is 2.71 bits per heavy atom. The number of hydrogen-bond donors (Lipinski definition) is 0. The minimum atomic E-state index is -1.74. The molecule has 1 aliphatic carbocycles. The Balaban J connectivity index is 1.67. The third-order valence-corrected chi connectivity index (χ3v) is 5.14. The summed E-state index contributed by atoms with van der Waals surface area (Å²) in [7, 11) is 0. The van der Waals surface area contributed by atoms with Crippen LogP contribution in [0.2, 0.25) is 0 Å². The number of fused-ring (bicyclic) bond motifs is 2. The molecule has 3 heterocycles. The van der Waals surface area contributed by atoms with Crippen molar-refractivity contribution in [3.63, 3.8) is 0 Å². The molecule has 0 N–H and O–H groups in total. The number of benzene rings is 1.